The molecule has 0 saturated carbocycles. The number of piperazine rings is 1. The monoisotopic (exact) mass is 383 g/mol. The number of rotatable bonds is 4. The van der Waals surface area contributed by atoms with Gasteiger partial charge in [0.15, 0.2) is 9.84 Å². The van der Waals surface area contributed by atoms with Crippen molar-refractivity contribution in [1.29, 1.82) is 5.26 Å². The molecule has 3 rings (SSSR count). The van der Waals surface area contributed by atoms with Gasteiger partial charge < -0.3 is 4.90 Å². The topological polar surface area (TPSA) is 81.5 Å². The lowest BCUT2D eigenvalue weighted by Gasteiger charge is -2.34. The number of hydrogen-bond acceptors (Lipinski definition) is 5. The van der Waals surface area contributed by atoms with Crippen LogP contribution in [0.2, 0.25) is 0 Å². The van der Waals surface area contributed by atoms with Crippen LogP contribution in [0.3, 0.4) is 0 Å². The average molecular weight is 383 g/mol. The van der Waals surface area contributed by atoms with Crippen LogP contribution < -0.4 is 0 Å². The molecule has 0 N–H and O–H groups in total. The maximum absolute atomic E-state index is 12.7. The van der Waals surface area contributed by atoms with Crippen LogP contribution in [0.4, 0.5) is 0 Å². The third kappa shape index (κ3) is 4.73. The number of sulfone groups is 1. The molecule has 2 aromatic carbocycles. The molecule has 140 valence electrons. The number of nitrogens with zero attached hydrogens (tertiary/aromatic N) is 3. The summed E-state index contributed by atoms with van der Waals surface area (Å²) in [5.41, 5.74) is 2.18. The Balaban J connectivity index is 1.60. The van der Waals surface area contributed by atoms with Gasteiger partial charge in [-0.15, -0.1) is 0 Å². The fourth-order valence-electron chi connectivity index (χ4n) is 3.09. The SMILES string of the molecule is CS(=O)(=O)c1cccc(C(=O)N2CCN(Cc3ccc(C#N)cc3)CC2)c1. The smallest absolute Gasteiger partial charge is 0.253 e. The standard InChI is InChI=1S/C20H21N3O3S/c1-27(25,26)19-4-2-3-18(13-19)20(24)23-11-9-22(10-12-23)15-17-7-5-16(14-21)6-8-17/h2-8,13H,9-12,15H2,1H3. The van der Waals surface area contributed by atoms with Crippen LogP contribution in [-0.2, 0) is 16.4 Å². The zero-order valence-corrected chi connectivity index (χ0v) is 15.9. The molecule has 1 aliphatic rings. The Morgan fingerprint density at radius 3 is 2.33 bits per heavy atom. The molecule has 1 heterocycles. The summed E-state index contributed by atoms with van der Waals surface area (Å²) in [7, 11) is -3.34. The van der Waals surface area contributed by atoms with Crippen molar-refractivity contribution in [2.75, 3.05) is 32.4 Å². The maximum Gasteiger partial charge on any atom is 0.253 e. The Labute approximate surface area is 159 Å². The van der Waals surface area contributed by atoms with Crippen LogP contribution in [0.1, 0.15) is 21.5 Å². The molecule has 0 bridgehead atoms. The number of hydrogen-bond donors (Lipinski definition) is 0. The number of carbonyl (C=O) groups is 1. The van der Waals surface area contributed by atoms with Gasteiger partial charge in [-0.25, -0.2) is 8.42 Å². The van der Waals surface area contributed by atoms with E-state index in [0.29, 0.717) is 24.2 Å². The fourth-order valence-corrected chi connectivity index (χ4v) is 3.76. The van der Waals surface area contributed by atoms with Crippen LogP contribution in [0, 0.1) is 11.3 Å². The second kappa shape index (κ2) is 7.91. The van der Waals surface area contributed by atoms with E-state index >= 15 is 0 Å². The Morgan fingerprint density at radius 2 is 1.74 bits per heavy atom. The van der Waals surface area contributed by atoms with Crippen molar-refractivity contribution >= 4 is 15.7 Å². The zero-order valence-electron chi connectivity index (χ0n) is 15.1. The molecule has 0 aromatic heterocycles. The average Bonchev–Trinajstić information content (AvgIpc) is 2.68. The second-order valence-electron chi connectivity index (χ2n) is 6.68. The molecule has 6 nitrogen and oxygen atoms in total. The van der Waals surface area contributed by atoms with Gasteiger partial charge in [0.05, 0.1) is 16.5 Å². The Bertz CT molecular complexity index is 970. The van der Waals surface area contributed by atoms with Gasteiger partial charge in [0.2, 0.25) is 0 Å². The zero-order chi connectivity index (χ0) is 19.4. The molecular formula is C20H21N3O3S. The molecule has 0 atom stereocenters. The molecule has 7 heteroatoms. The molecule has 27 heavy (non-hydrogen) atoms. The van der Waals surface area contributed by atoms with Gasteiger partial charge >= 0.3 is 0 Å². The first-order chi connectivity index (χ1) is 12.9. The Hall–Kier alpha value is -2.69. The van der Waals surface area contributed by atoms with Crippen molar-refractivity contribution in [1.82, 2.24) is 9.80 Å². The second-order valence-corrected chi connectivity index (χ2v) is 8.69. The fraction of sp³-hybridized carbons (Fsp3) is 0.300. The molecule has 0 unspecified atom stereocenters. The highest BCUT2D eigenvalue weighted by atomic mass is 32.2. The highest BCUT2D eigenvalue weighted by Crippen LogP contribution is 2.15. The molecule has 1 saturated heterocycles. The van der Waals surface area contributed by atoms with Gasteiger partial charge in [0.1, 0.15) is 0 Å². The lowest BCUT2D eigenvalue weighted by molar-refractivity contribution is 0.0628. The van der Waals surface area contributed by atoms with Crippen molar-refractivity contribution in [2.45, 2.75) is 11.4 Å². The van der Waals surface area contributed by atoms with Crippen LogP contribution in [0.25, 0.3) is 0 Å². The third-order valence-electron chi connectivity index (χ3n) is 4.66. The first kappa shape index (κ1) is 19.1. The van der Waals surface area contributed by atoms with Crippen molar-refractivity contribution < 1.29 is 13.2 Å². The van der Waals surface area contributed by atoms with Crippen LogP contribution in [0.15, 0.2) is 53.4 Å². The summed E-state index contributed by atoms with van der Waals surface area (Å²) in [4.78, 5) is 16.9. The summed E-state index contributed by atoms with van der Waals surface area (Å²) in [6.07, 6.45) is 1.14. The molecule has 0 aliphatic carbocycles. The van der Waals surface area contributed by atoms with Crippen molar-refractivity contribution in [3.8, 4) is 6.07 Å². The van der Waals surface area contributed by atoms with E-state index in [-0.39, 0.29) is 10.8 Å². The first-order valence-electron chi connectivity index (χ1n) is 8.67. The lowest BCUT2D eigenvalue weighted by Crippen LogP contribution is -2.48. The van der Waals surface area contributed by atoms with E-state index in [4.69, 9.17) is 5.26 Å². The van der Waals surface area contributed by atoms with Gasteiger partial charge in [0, 0.05) is 44.5 Å². The predicted molar refractivity (Wildman–Crippen MR) is 102 cm³/mol. The summed E-state index contributed by atoms with van der Waals surface area (Å²) in [5.74, 6) is -0.140. The van der Waals surface area contributed by atoms with Gasteiger partial charge in [-0.2, -0.15) is 5.26 Å². The molecule has 0 spiro atoms. The van der Waals surface area contributed by atoms with E-state index in [2.05, 4.69) is 11.0 Å². The predicted octanol–water partition coefficient (Wildman–Crippen LogP) is 1.92. The molecule has 0 radical (unpaired) electrons. The lowest BCUT2D eigenvalue weighted by atomic mass is 10.1. The highest BCUT2D eigenvalue weighted by Gasteiger charge is 2.23. The quantitative estimate of drug-likeness (QED) is 0.806. The number of carbonyl (C=O) groups excluding carboxylic acids is 1. The van der Waals surface area contributed by atoms with Crippen LogP contribution >= 0.6 is 0 Å². The summed E-state index contributed by atoms with van der Waals surface area (Å²) >= 11 is 0. The van der Waals surface area contributed by atoms with Crippen LogP contribution in [-0.4, -0.2) is 56.6 Å². The Morgan fingerprint density at radius 1 is 1.07 bits per heavy atom. The number of amides is 1. The molecule has 1 amide bonds. The minimum absolute atomic E-state index is 0.140. The summed E-state index contributed by atoms with van der Waals surface area (Å²) < 4.78 is 23.4. The molecule has 2 aromatic rings. The van der Waals surface area contributed by atoms with Crippen molar-refractivity contribution in [2.24, 2.45) is 0 Å². The number of nitriles is 1. The van der Waals surface area contributed by atoms with E-state index < -0.39 is 9.84 Å². The van der Waals surface area contributed by atoms with E-state index in [9.17, 15) is 13.2 Å². The van der Waals surface area contributed by atoms with Crippen molar-refractivity contribution in [3.05, 3.63) is 65.2 Å². The summed E-state index contributed by atoms with van der Waals surface area (Å²) in [6, 6.07) is 15.8. The normalized spacial score (nSPS) is 15.3. The van der Waals surface area contributed by atoms with Gasteiger partial charge in [-0.05, 0) is 35.9 Å². The van der Waals surface area contributed by atoms with Crippen LogP contribution in [0.5, 0.6) is 0 Å². The highest BCUT2D eigenvalue weighted by molar-refractivity contribution is 7.90. The van der Waals surface area contributed by atoms with Gasteiger partial charge in [-0.3, -0.25) is 9.69 Å². The van der Waals surface area contributed by atoms with E-state index in [1.54, 1.807) is 17.0 Å². The van der Waals surface area contributed by atoms with E-state index in [1.807, 2.05) is 24.3 Å². The largest absolute Gasteiger partial charge is 0.336 e. The minimum Gasteiger partial charge on any atom is -0.336 e. The Kier molecular flexibility index (Phi) is 5.59. The van der Waals surface area contributed by atoms with Crippen molar-refractivity contribution in [3.63, 3.8) is 0 Å². The van der Waals surface area contributed by atoms with E-state index in [1.165, 1.54) is 12.1 Å². The maximum atomic E-state index is 12.7. The number of benzene rings is 2. The van der Waals surface area contributed by atoms with Gasteiger partial charge in [0.25, 0.3) is 5.91 Å². The van der Waals surface area contributed by atoms with Gasteiger partial charge in [-0.1, -0.05) is 18.2 Å². The molecule has 1 aliphatic heterocycles. The molecular weight excluding hydrogens is 362 g/mol. The first-order valence-corrected chi connectivity index (χ1v) is 10.6. The van der Waals surface area contributed by atoms with E-state index in [0.717, 1.165) is 31.5 Å². The summed E-state index contributed by atoms with van der Waals surface area (Å²) in [5, 5.41) is 8.86. The third-order valence-corrected chi connectivity index (χ3v) is 5.77. The molecule has 1 fully saturated rings. The summed E-state index contributed by atoms with van der Waals surface area (Å²) in [6.45, 7) is 3.46. The minimum atomic E-state index is -3.34.